The van der Waals surface area contributed by atoms with E-state index in [9.17, 15) is 9.59 Å². The van der Waals surface area contributed by atoms with Gasteiger partial charge in [0.25, 0.3) is 5.97 Å². The number of hydrogen-bond acceptors (Lipinski definition) is 7. The third-order valence-electron chi connectivity index (χ3n) is 11.6. The van der Waals surface area contributed by atoms with Gasteiger partial charge in [0.1, 0.15) is 0 Å². The SMILES string of the molecule is CC1CCC(OCC2CC(C)CN2)CC1.Cc1cc(N)[c-]cc1CC(=O)N1CC(C)CC1COC1CCC(C)CC1.Cc1cc(N)[c-]cc1CC(=O)O.[Y].[Y]. The van der Waals surface area contributed by atoms with Gasteiger partial charge in [-0.05, 0) is 94.4 Å². The molecule has 2 aliphatic heterocycles. The van der Waals surface area contributed by atoms with E-state index in [0.29, 0.717) is 48.6 Å². The van der Waals surface area contributed by atoms with Gasteiger partial charge >= 0.3 is 0 Å². The quantitative estimate of drug-likeness (QED) is 0.144. The van der Waals surface area contributed by atoms with Gasteiger partial charge in [-0.25, -0.2) is 0 Å². The third-order valence-corrected chi connectivity index (χ3v) is 11.6. The molecule has 6 N–H and O–H groups in total. The number of carbonyl (C=O) groups excluding carboxylic acids is 1. The molecule has 9 nitrogen and oxygen atoms in total. The molecule has 4 fully saturated rings. The van der Waals surface area contributed by atoms with Crippen LogP contribution in [-0.2, 0) is 97.3 Å². The number of ether oxygens (including phenoxy) is 2. The van der Waals surface area contributed by atoms with Crippen LogP contribution in [0.3, 0.4) is 0 Å². The number of hydrogen-bond donors (Lipinski definition) is 4. The minimum atomic E-state index is -0.837. The summed E-state index contributed by atoms with van der Waals surface area (Å²) in [6.45, 7) is 16.7. The van der Waals surface area contributed by atoms with Gasteiger partial charge in [-0.3, -0.25) is 9.59 Å². The topological polar surface area (TPSA) is 140 Å². The number of anilines is 2. The summed E-state index contributed by atoms with van der Waals surface area (Å²) in [7, 11) is 0. The second-order valence-corrected chi connectivity index (χ2v) is 16.9. The van der Waals surface area contributed by atoms with Crippen molar-refractivity contribution in [2.45, 2.75) is 143 Å². The van der Waals surface area contributed by atoms with E-state index in [2.05, 4.69) is 45.1 Å². The Morgan fingerprint density at radius 3 is 1.69 bits per heavy atom. The molecular weight excluding hydrogens is 842 g/mol. The molecular formula is C44H68N4O5Y2-2. The van der Waals surface area contributed by atoms with Crippen molar-refractivity contribution in [2.24, 2.45) is 23.7 Å². The summed E-state index contributed by atoms with van der Waals surface area (Å²) in [4.78, 5) is 25.3. The molecule has 4 unspecified atom stereocenters. The normalized spacial score (nSPS) is 27.3. The molecule has 4 atom stereocenters. The second-order valence-electron chi connectivity index (χ2n) is 16.9. The maximum Gasteiger partial charge on any atom is 0.296 e. The Morgan fingerprint density at radius 1 is 0.745 bits per heavy atom. The fourth-order valence-corrected chi connectivity index (χ4v) is 8.17. The summed E-state index contributed by atoms with van der Waals surface area (Å²) < 4.78 is 12.2. The Balaban J connectivity index is 0.000000307. The zero-order valence-corrected chi connectivity index (χ0v) is 40.3. The number of amides is 1. The van der Waals surface area contributed by atoms with Crippen molar-refractivity contribution in [3.63, 3.8) is 0 Å². The Bertz CT molecular complexity index is 1450. The number of nitrogen functional groups attached to an aromatic ring is 2. The van der Waals surface area contributed by atoms with E-state index < -0.39 is 5.97 Å². The van der Waals surface area contributed by atoms with Gasteiger partial charge in [-0.2, -0.15) is 35.4 Å². The van der Waals surface area contributed by atoms with Crippen molar-refractivity contribution >= 4 is 23.3 Å². The fraction of sp³-hybridized carbons (Fsp3) is 0.682. The van der Waals surface area contributed by atoms with Crippen molar-refractivity contribution in [3.8, 4) is 0 Å². The van der Waals surface area contributed by atoms with Crippen LogP contribution in [0, 0.1) is 49.7 Å². The smallest absolute Gasteiger partial charge is 0.296 e. The van der Waals surface area contributed by atoms with E-state index in [1.165, 1.54) is 51.5 Å². The average Bonchev–Trinajstić information content (AvgIpc) is 3.71. The molecule has 2 aromatic carbocycles. The van der Waals surface area contributed by atoms with Crippen LogP contribution in [0.2, 0.25) is 0 Å². The van der Waals surface area contributed by atoms with Crippen molar-refractivity contribution in [3.05, 3.63) is 58.7 Å². The van der Waals surface area contributed by atoms with Crippen LogP contribution in [-0.4, -0.2) is 72.5 Å². The Morgan fingerprint density at radius 2 is 1.24 bits per heavy atom. The Hall–Kier alpha value is -0.932. The number of nitrogens with zero attached hydrogens (tertiary/aromatic N) is 1. The molecule has 1 amide bonds. The number of likely N-dealkylation sites (tertiary alicyclic amines) is 1. The largest absolute Gasteiger partial charge is 0.482 e. The molecule has 0 spiro atoms. The van der Waals surface area contributed by atoms with Crippen LogP contribution in [0.1, 0.15) is 114 Å². The van der Waals surface area contributed by atoms with Crippen molar-refractivity contribution in [1.82, 2.24) is 10.2 Å². The zero-order valence-electron chi connectivity index (χ0n) is 34.6. The first-order valence-corrected chi connectivity index (χ1v) is 20.3. The maximum atomic E-state index is 12.9. The molecule has 2 aliphatic carbocycles. The number of aryl methyl sites for hydroxylation is 2. The van der Waals surface area contributed by atoms with Crippen LogP contribution in [0.5, 0.6) is 0 Å². The summed E-state index contributed by atoms with van der Waals surface area (Å²) in [6, 6.07) is 13.7. The van der Waals surface area contributed by atoms with Gasteiger partial charge < -0.3 is 36.3 Å². The van der Waals surface area contributed by atoms with Gasteiger partial charge in [0.15, 0.2) is 0 Å². The van der Waals surface area contributed by atoms with Crippen molar-refractivity contribution in [2.75, 3.05) is 37.8 Å². The number of nitrogens with one attached hydrogen (secondary N) is 1. The average molecular weight is 911 g/mol. The van der Waals surface area contributed by atoms with Crippen LogP contribution in [0.25, 0.3) is 0 Å². The first kappa shape index (κ1) is 50.2. The third kappa shape index (κ3) is 17.8. The van der Waals surface area contributed by atoms with E-state index in [1.807, 2.05) is 30.9 Å². The minimum absolute atomic E-state index is 0. The Labute approximate surface area is 382 Å². The first-order chi connectivity index (χ1) is 25.2. The van der Waals surface area contributed by atoms with Crippen LogP contribution in [0.15, 0.2) is 24.3 Å². The molecule has 0 bridgehead atoms. The summed E-state index contributed by atoms with van der Waals surface area (Å²) in [5.74, 6) is 2.50. The van der Waals surface area contributed by atoms with Gasteiger partial charge in [0.05, 0.1) is 31.5 Å². The number of carboxylic acids is 1. The molecule has 2 radical (unpaired) electrons. The fourth-order valence-electron chi connectivity index (χ4n) is 8.17. The predicted molar refractivity (Wildman–Crippen MR) is 213 cm³/mol. The molecule has 2 saturated carbocycles. The molecule has 302 valence electrons. The number of carbonyl (C=O) groups is 2. The monoisotopic (exact) mass is 910 g/mol. The molecule has 0 aromatic heterocycles. The van der Waals surface area contributed by atoms with Crippen molar-refractivity contribution < 1.29 is 89.6 Å². The van der Waals surface area contributed by atoms with E-state index in [4.69, 9.17) is 26.0 Å². The predicted octanol–water partition coefficient (Wildman–Crippen LogP) is 7.33. The van der Waals surface area contributed by atoms with Crippen molar-refractivity contribution in [1.29, 1.82) is 0 Å². The second kappa shape index (κ2) is 25.5. The van der Waals surface area contributed by atoms with Crippen LogP contribution in [0.4, 0.5) is 11.4 Å². The van der Waals surface area contributed by atoms with Crippen LogP contribution >= 0.6 is 0 Å². The van der Waals surface area contributed by atoms with Gasteiger partial charge in [0.2, 0.25) is 5.91 Å². The van der Waals surface area contributed by atoms with E-state index >= 15 is 0 Å². The first-order valence-electron chi connectivity index (χ1n) is 20.3. The van der Waals surface area contributed by atoms with Crippen LogP contribution < -0.4 is 16.8 Å². The minimum Gasteiger partial charge on any atom is -0.482 e. The number of aliphatic carboxylic acids is 1. The summed E-state index contributed by atoms with van der Waals surface area (Å²) in [5, 5.41) is 12.0. The van der Waals surface area contributed by atoms with E-state index in [1.54, 1.807) is 12.1 Å². The summed E-state index contributed by atoms with van der Waals surface area (Å²) in [6.07, 6.45) is 13.9. The van der Waals surface area contributed by atoms with Gasteiger partial charge in [0, 0.05) is 90.8 Å². The Kier molecular flexibility index (Phi) is 23.3. The molecule has 2 heterocycles. The number of carboxylic acid groups (broad SMARTS) is 1. The molecule has 4 aliphatic rings. The molecule has 55 heavy (non-hydrogen) atoms. The van der Waals surface area contributed by atoms with E-state index in [0.717, 1.165) is 72.4 Å². The maximum absolute atomic E-state index is 12.9. The van der Waals surface area contributed by atoms with Gasteiger partial charge in [-0.1, -0.05) is 52.9 Å². The standard InChI is InChI=1S/C22H33N2O2.C13H25NO.C9H10NO2.2Y/c1-15-4-8-21(9-5-15)26-14-20-10-16(2)13-24(20)22(25)12-18-6-7-19(23)11-17(18)3;1-10-3-5-13(6-4-10)15-9-12-7-11(2)8-14-12;1-6-4-8(10)3-2-7(6)5-9(11)12;;/h6,11,15-16,20-21H,4-5,8-10,12-14,23H2,1-3H3;10-14H,3-9H2,1-2H3;2,4H,5,10H2,1H3,(H,11,12);;/q-1;;-1;;. The van der Waals surface area contributed by atoms with Gasteiger partial charge in [-0.15, -0.1) is 23.3 Å². The molecule has 6 rings (SSSR count). The van der Waals surface area contributed by atoms with E-state index in [-0.39, 0.29) is 83.8 Å². The molecule has 2 aromatic rings. The summed E-state index contributed by atoms with van der Waals surface area (Å²) in [5.41, 5.74) is 16.1. The number of rotatable bonds is 10. The molecule has 11 heteroatoms. The number of benzene rings is 2. The zero-order chi connectivity index (χ0) is 38.5. The molecule has 2 saturated heterocycles. The summed E-state index contributed by atoms with van der Waals surface area (Å²) >= 11 is 0. The number of nitrogens with two attached hydrogens (primary N) is 2.